The summed E-state index contributed by atoms with van der Waals surface area (Å²) in [7, 11) is -3.88. The molecule has 0 unspecified atom stereocenters. The average Bonchev–Trinajstić information content (AvgIpc) is 2.16. The largest absolute Gasteiger partial charge is 0.395 e. The Bertz CT molecular complexity index is 513. The number of nitro benzene ring substituents is 1. The van der Waals surface area contributed by atoms with Crippen LogP contribution in [-0.4, -0.2) is 30.8 Å². The van der Waals surface area contributed by atoms with Gasteiger partial charge >= 0.3 is 5.69 Å². The minimum atomic E-state index is -3.88. The van der Waals surface area contributed by atoms with Gasteiger partial charge in [-0.25, -0.2) is 8.42 Å². The van der Waals surface area contributed by atoms with Crippen LogP contribution in [0.25, 0.3) is 0 Å². The number of benzene rings is 1. The summed E-state index contributed by atoms with van der Waals surface area (Å²) in [4.78, 5) is 9.36. The molecule has 16 heavy (non-hydrogen) atoms. The number of aliphatic hydroxyl groups is 1. The molecule has 0 atom stereocenters. The van der Waals surface area contributed by atoms with Crippen molar-refractivity contribution in [3.8, 4) is 0 Å². The van der Waals surface area contributed by atoms with Crippen LogP contribution >= 0.6 is 11.6 Å². The molecule has 6 nitrogen and oxygen atoms in total. The summed E-state index contributed by atoms with van der Waals surface area (Å²) in [5.41, 5.74) is -0.655. The summed E-state index contributed by atoms with van der Waals surface area (Å²) in [5, 5.41) is 19.0. The molecule has 0 heterocycles. The highest BCUT2D eigenvalue weighted by molar-refractivity contribution is 7.91. The van der Waals surface area contributed by atoms with Crippen LogP contribution in [0.5, 0.6) is 0 Å². The van der Waals surface area contributed by atoms with Crippen LogP contribution in [0.15, 0.2) is 23.1 Å². The van der Waals surface area contributed by atoms with Crippen LogP contribution in [0, 0.1) is 10.1 Å². The Morgan fingerprint density at radius 2 is 2.06 bits per heavy atom. The molecule has 0 aliphatic heterocycles. The van der Waals surface area contributed by atoms with E-state index in [2.05, 4.69) is 0 Å². The molecule has 8 heteroatoms. The SMILES string of the molecule is O=[N+]([O-])c1c(Cl)cccc1S(=O)(=O)CCO. The van der Waals surface area contributed by atoms with Crippen molar-refractivity contribution in [1.29, 1.82) is 0 Å². The van der Waals surface area contributed by atoms with Crippen molar-refractivity contribution in [1.82, 2.24) is 0 Å². The highest BCUT2D eigenvalue weighted by Crippen LogP contribution is 2.31. The second-order valence-corrected chi connectivity index (χ2v) is 5.37. The third-order valence-electron chi connectivity index (χ3n) is 1.83. The van der Waals surface area contributed by atoms with Crippen molar-refractivity contribution >= 4 is 27.1 Å². The van der Waals surface area contributed by atoms with E-state index < -0.39 is 37.7 Å². The first-order chi connectivity index (χ1) is 7.40. The lowest BCUT2D eigenvalue weighted by Gasteiger charge is -2.04. The van der Waals surface area contributed by atoms with Gasteiger partial charge < -0.3 is 5.11 Å². The van der Waals surface area contributed by atoms with Gasteiger partial charge in [-0.05, 0) is 12.1 Å². The fourth-order valence-corrected chi connectivity index (χ4v) is 2.68. The van der Waals surface area contributed by atoms with E-state index in [-0.39, 0.29) is 5.02 Å². The lowest BCUT2D eigenvalue weighted by molar-refractivity contribution is -0.387. The van der Waals surface area contributed by atoms with Crippen LogP contribution in [0.1, 0.15) is 0 Å². The van der Waals surface area contributed by atoms with Gasteiger partial charge in [0.25, 0.3) is 0 Å². The molecular formula is C8H8ClNO5S. The number of rotatable bonds is 4. The van der Waals surface area contributed by atoms with Crippen molar-refractivity contribution in [3.05, 3.63) is 33.3 Å². The molecule has 1 aromatic rings. The summed E-state index contributed by atoms with van der Waals surface area (Å²) in [6.07, 6.45) is 0. The Kier molecular flexibility index (Phi) is 3.84. The minimum absolute atomic E-state index is 0.246. The maximum absolute atomic E-state index is 11.6. The minimum Gasteiger partial charge on any atom is -0.395 e. The van der Waals surface area contributed by atoms with Crippen LogP contribution < -0.4 is 0 Å². The molecule has 1 rings (SSSR count). The molecule has 0 aliphatic rings. The number of para-hydroxylation sites is 1. The monoisotopic (exact) mass is 265 g/mol. The highest BCUT2D eigenvalue weighted by atomic mass is 35.5. The summed E-state index contributed by atoms with van der Waals surface area (Å²) < 4.78 is 23.2. The Balaban J connectivity index is 3.46. The first-order valence-electron chi connectivity index (χ1n) is 4.16. The van der Waals surface area contributed by atoms with Gasteiger partial charge in [0.1, 0.15) is 9.92 Å². The van der Waals surface area contributed by atoms with Crippen molar-refractivity contribution in [2.75, 3.05) is 12.4 Å². The Hall–Kier alpha value is -1.18. The highest BCUT2D eigenvalue weighted by Gasteiger charge is 2.27. The van der Waals surface area contributed by atoms with E-state index in [0.29, 0.717) is 0 Å². The van der Waals surface area contributed by atoms with Gasteiger partial charge in [-0.3, -0.25) is 10.1 Å². The Labute approximate surface area is 96.5 Å². The van der Waals surface area contributed by atoms with Crippen LogP contribution in [0.3, 0.4) is 0 Å². The van der Waals surface area contributed by atoms with E-state index in [0.717, 1.165) is 6.07 Å². The quantitative estimate of drug-likeness (QED) is 0.647. The zero-order chi connectivity index (χ0) is 12.3. The topological polar surface area (TPSA) is 97.5 Å². The average molecular weight is 266 g/mol. The molecule has 0 amide bonds. The maximum atomic E-state index is 11.6. The maximum Gasteiger partial charge on any atom is 0.306 e. The van der Waals surface area contributed by atoms with E-state index in [1.54, 1.807) is 0 Å². The fraction of sp³-hybridized carbons (Fsp3) is 0.250. The molecule has 0 saturated heterocycles. The van der Waals surface area contributed by atoms with E-state index in [4.69, 9.17) is 16.7 Å². The molecule has 0 aromatic heterocycles. The van der Waals surface area contributed by atoms with Gasteiger partial charge in [0.15, 0.2) is 9.84 Å². The molecule has 0 aliphatic carbocycles. The van der Waals surface area contributed by atoms with Gasteiger partial charge in [-0.1, -0.05) is 17.7 Å². The standard InChI is InChI=1S/C8H8ClNO5S/c9-6-2-1-3-7(8(6)10(12)13)16(14,15)5-4-11/h1-3,11H,4-5H2. The predicted molar refractivity (Wildman–Crippen MR) is 57.2 cm³/mol. The molecule has 1 N–H and O–H groups in total. The summed E-state index contributed by atoms with van der Waals surface area (Å²) in [5.74, 6) is -0.575. The second-order valence-electron chi connectivity index (χ2n) is 2.89. The van der Waals surface area contributed by atoms with Crippen LogP contribution in [0.4, 0.5) is 5.69 Å². The number of nitro groups is 1. The lowest BCUT2D eigenvalue weighted by atomic mass is 10.3. The van der Waals surface area contributed by atoms with Crippen molar-refractivity contribution in [2.24, 2.45) is 0 Å². The van der Waals surface area contributed by atoms with E-state index >= 15 is 0 Å². The molecule has 0 spiro atoms. The number of nitrogens with zero attached hydrogens (tertiary/aromatic N) is 1. The molecule has 0 radical (unpaired) electrons. The zero-order valence-corrected chi connectivity index (χ0v) is 9.53. The number of hydrogen-bond acceptors (Lipinski definition) is 5. The first kappa shape index (κ1) is 12.9. The first-order valence-corrected chi connectivity index (χ1v) is 6.19. The van der Waals surface area contributed by atoms with E-state index in [1.807, 2.05) is 0 Å². The number of halogens is 1. The predicted octanol–water partition coefficient (Wildman–Crippen LogP) is 1.01. The van der Waals surface area contributed by atoms with Crippen molar-refractivity contribution in [3.63, 3.8) is 0 Å². The van der Waals surface area contributed by atoms with Gasteiger partial charge in [0, 0.05) is 0 Å². The number of hydrogen-bond donors (Lipinski definition) is 1. The molecule has 0 saturated carbocycles. The van der Waals surface area contributed by atoms with Gasteiger partial charge in [-0.15, -0.1) is 0 Å². The lowest BCUT2D eigenvalue weighted by Crippen LogP contribution is -2.12. The molecule has 0 fully saturated rings. The van der Waals surface area contributed by atoms with Gasteiger partial charge in [0.05, 0.1) is 17.3 Å². The summed E-state index contributed by atoms with van der Waals surface area (Å²) in [6, 6.07) is 3.63. The molecule has 0 bridgehead atoms. The molecule has 88 valence electrons. The second kappa shape index (κ2) is 4.77. The van der Waals surface area contributed by atoms with Gasteiger partial charge in [0.2, 0.25) is 0 Å². The zero-order valence-electron chi connectivity index (χ0n) is 7.96. The third kappa shape index (κ3) is 2.49. The van der Waals surface area contributed by atoms with Crippen LogP contribution in [-0.2, 0) is 9.84 Å². The Morgan fingerprint density at radius 1 is 1.44 bits per heavy atom. The van der Waals surface area contributed by atoms with Crippen molar-refractivity contribution < 1.29 is 18.4 Å². The smallest absolute Gasteiger partial charge is 0.306 e. The number of aliphatic hydroxyl groups excluding tert-OH is 1. The normalized spacial score (nSPS) is 11.4. The number of sulfone groups is 1. The molecule has 1 aromatic carbocycles. The van der Waals surface area contributed by atoms with Gasteiger partial charge in [-0.2, -0.15) is 0 Å². The van der Waals surface area contributed by atoms with E-state index in [9.17, 15) is 18.5 Å². The van der Waals surface area contributed by atoms with Crippen molar-refractivity contribution in [2.45, 2.75) is 4.90 Å². The third-order valence-corrected chi connectivity index (χ3v) is 3.85. The van der Waals surface area contributed by atoms with Crippen LogP contribution in [0.2, 0.25) is 5.02 Å². The molecular weight excluding hydrogens is 258 g/mol. The summed E-state index contributed by atoms with van der Waals surface area (Å²) in [6.45, 7) is -0.605. The Morgan fingerprint density at radius 3 is 2.56 bits per heavy atom. The fourth-order valence-electron chi connectivity index (χ4n) is 1.15. The van der Waals surface area contributed by atoms with E-state index in [1.165, 1.54) is 12.1 Å². The summed E-state index contributed by atoms with van der Waals surface area (Å²) >= 11 is 5.56.